The Balaban J connectivity index is 1.39. The number of nitrogens with zero attached hydrogens (tertiary/aromatic N) is 3. The summed E-state index contributed by atoms with van der Waals surface area (Å²) in [5.74, 6) is 2.12. The van der Waals surface area contributed by atoms with Gasteiger partial charge in [0, 0.05) is 30.1 Å². The Morgan fingerprint density at radius 2 is 1.76 bits per heavy atom. The van der Waals surface area contributed by atoms with Gasteiger partial charge in [0.1, 0.15) is 0 Å². The zero-order chi connectivity index (χ0) is 20.4. The van der Waals surface area contributed by atoms with E-state index in [-0.39, 0.29) is 11.8 Å². The molecule has 5 nitrogen and oxygen atoms in total. The number of carbonyl (C=O) groups excluding carboxylic acids is 1. The smallest absolute Gasteiger partial charge is 0.258 e. The molecule has 1 aliphatic heterocycles. The first-order valence-electron chi connectivity index (χ1n) is 10.3. The van der Waals surface area contributed by atoms with Crippen LogP contribution < -0.4 is 0 Å². The van der Waals surface area contributed by atoms with Crippen molar-refractivity contribution in [2.75, 3.05) is 13.1 Å². The topological polar surface area (TPSA) is 59.2 Å². The fourth-order valence-corrected chi connectivity index (χ4v) is 3.86. The van der Waals surface area contributed by atoms with Crippen molar-refractivity contribution in [2.45, 2.75) is 45.4 Å². The van der Waals surface area contributed by atoms with Gasteiger partial charge >= 0.3 is 0 Å². The molecule has 2 heterocycles. The highest BCUT2D eigenvalue weighted by Crippen LogP contribution is 2.29. The molecule has 1 saturated heterocycles. The van der Waals surface area contributed by atoms with Crippen LogP contribution in [0.25, 0.3) is 11.5 Å². The summed E-state index contributed by atoms with van der Waals surface area (Å²) < 4.78 is 5.52. The molecule has 0 atom stereocenters. The van der Waals surface area contributed by atoms with Crippen molar-refractivity contribution in [2.24, 2.45) is 0 Å². The maximum absolute atomic E-state index is 12.8. The quantitative estimate of drug-likeness (QED) is 0.616. The van der Waals surface area contributed by atoms with E-state index in [0.29, 0.717) is 24.9 Å². The Labute approximate surface area is 171 Å². The highest BCUT2D eigenvalue weighted by molar-refractivity contribution is 5.94. The molecule has 0 N–H and O–H groups in total. The van der Waals surface area contributed by atoms with Gasteiger partial charge in [-0.25, -0.2) is 0 Å². The van der Waals surface area contributed by atoms with Crippen LogP contribution in [0.3, 0.4) is 0 Å². The first-order chi connectivity index (χ1) is 14.0. The third-order valence-electron chi connectivity index (χ3n) is 5.79. The van der Waals surface area contributed by atoms with Crippen molar-refractivity contribution in [1.82, 2.24) is 15.0 Å². The lowest BCUT2D eigenvalue weighted by molar-refractivity contribution is 0.0710. The summed E-state index contributed by atoms with van der Waals surface area (Å²) in [4.78, 5) is 19.4. The molecule has 1 amide bonds. The second-order valence-electron chi connectivity index (χ2n) is 8.12. The summed E-state index contributed by atoms with van der Waals surface area (Å²) in [6, 6.07) is 16.0. The normalized spacial score (nSPS) is 15.1. The average molecular weight is 389 g/mol. The Bertz CT molecular complexity index is 983. The molecule has 0 saturated carbocycles. The molecule has 0 unspecified atom stereocenters. The number of hydrogen-bond donors (Lipinski definition) is 0. The van der Waals surface area contributed by atoms with Gasteiger partial charge in [-0.2, -0.15) is 4.98 Å². The number of amides is 1. The van der Waals surface area contributed by atoms with Crippen molar-refractivity contribution in [1.29, 1.82) is 0 Å². The number of aryl methyl sites for hydroxylation is 1. The number of rotatable bonds is 4. The van der Waals surface area contributed by atoms with Gasteiger partial charge in [-0.3, -0.25) is 4.79 Å². The Morgan fingerprint density at radius 3 is 2.41 bits per heavy atom. The predicted octanol–water partition coefficient (Wildman–Crippen LogP) is 5.19. The number of benzene rings is 2. The van der Waals surface area contributed by atoms with Crippen LogP contribution >= 0.6 is 0 Å². The molecule has 2 aromatic carbocycles. The van der Waals surface area contributed by atoms with Gasteiger partial charge < -0.3 is 9.42 Å². The van der Waals surface area contributed by atoms with Crippen LogP contribution in [0.2, 0.25) is 0 Å². The molecule has 0 bridgehead atoms. The summed E-state index contributed by atoms with van der Waals surface area (Å²) in [7, 11) is 0. The van der Waals surface area contributed by atoms with Crippen molar-refractivity contribution in [3.63, 3.8) is 0 Å². The number of hydrogen-bond acceptors (Lipinski definition) is 4. The van der Waals surface area contributed by atoms with E-state index >= 15 is 0 Å². The van der Waals surface area contributed by atoms with Gasteiger partial charge in [0.2, 0.25) is 0 Å². The zero-order valence-corrected chi connectivity index (χ0v) is 17.3. The molecule has 1 fully saturated rings. The Morgan fingerprint density at radius 1 is 1.07 bits per heavy atom. The van der Waals surface area contributed by atoms with E-state index in [1.807, 2.05) is 48.2 Å². The molecule has 5 heteroatoms. The van der Waals surface area contributed by atoms with Crippen LogP contribution in [0, 0.1) is 6.92 Å². The van der Waals surface area contributed by atoms with E-state index in [4.69, 9.17) is 4.52 Å². The summed E-state index contributed by atoms with van der Waals surface area (Å²) in [6.07, 6.45) is 1.70. The summed E-state index contributed by atoms with van der Waals surface area (Å²) >= 11 is 0. The third kappa shape index (κ3) is 4.09. The van der Waals surface area contributed by atoms with Crippen molar-refractivity contribution < 1.29 is 9.32 Å². The Kier molecular flexibility index (Phi) is 5.47. The van der Waals surface area contributed by atoms with Crippen molar-refractivity contribution in [3.05, 3.63) is 71.0 Å². The van der Waals surface area contributed by atoms with E-state index in [9.17, 15) is 4.79 Å². The van der Waals surface area contributed by atoms with Gasteiger partial charge in [-0.15, -0.1) is 0 Å². The highest BCUT2D eigenvalue weighted by Gasteiger charge is 2.28. The minimum atomic E-state index is 0.104. The van der Waals surface area contributed by atoms with E-state index in [1.54, 1.807) is 0 Å². The SMILES string of the molecule is Cc1ccccc1-c1nc(C2CCN(C(=O)c3ccc(C(C)C)cc3)CC2)no1. The number of likely N-dealkylation sites (tertiary alicyclic amines) is 1. The second kappa shape index (κ2) is 8.19. The minimum absolute atomic E-state index is 0.104. The zero-order valence-electron chi connectivity index (χ0n) is 17.3. The molecule has 0 spiro atoms. The van der Waals surface area contributed by atoms with E-state index in [2.05, 4.69) is 36.1 Å². The van der Waals surface area contributed by atoms with Crippen LogP contribution in [0.4, 0.5) is 0 Å². The minimum Gasteiger partial charge on any atom is -0.339 e. The van der Waals surface area contributed by atoms with Gasteiger partial charge in [0.15, 0.2) is 5.82 Å². The Hall–Kier alpha value is -2.95. The van der Waals surface area contributed by atoms with E-state index < -0.39 is 0 Å². The standard InChI is InChI=1S/C24H27N3O2/c1-16(2)18-8-10-20(11-9-18)24(28)27-14-12-19(13-15-27)22-25-23(29-26-22)21-7-5-4-6-17(21)3/h4-11,16,19H,12-15H2,1-3H3. The van der Waals surface area contributed by atoms with E-state index in [0.717, 1.165) is 35.4 Å². The van der Waals surface area contributed by atoms with E-state index in [1.165, 1.54) is 5.56 Å². The number of aromatic nitrogens is 2. The lowest BCUT2D eigenvalue weighted by atomic mass is 9.95. The van der Waals surface area contributed by atoms with Crippen molar-refractivity contribution in [3.8, 4) is 11.5 Å². The summed E-state index contributed by atoms with van der Waals surface area (Å²) in [6.45, 7) is 7.78. The number of carbonyl (C=O) groups is 1. The largest absolute Gasteiger partial charge is 0.339 e. The molecule has 4 rings (SSSR count). The van der Waals surface area contributed by atoms with Crippen LogP contribution in [-0.2, 0) is 0 Å². The average Bonchev–Trinajstić information content (AvgIpc) is 3.24. The maximum atomic E-state index is 12.8. The van der Waals surface area contributed by atoms with Gasteiger partial charge in [-0.1, -0.05) is 49.3 Å². The molecular weight excluding hydrogens is 362 g/mol. The lowest BCUT2D eigenvalue weighted by Crippen LogP contribution is -2.38. The summed E-state index contributed by atoms with van der Waals surface area (Å²) in [5, 5.41) is 4.22. The predicted molar refractivity (Wildman–Crippen MR) is 113 cm³/mol. The van der Waals surface area contributed by atoms with Gasteiger partial charge in [-0.05, 0) is 55.0 Å². The first-order valence-corrected chi connectivity index (χ1v) is 10.3. The lowest BCUT2D eigenvalue weighted by Gasteiger charge is -2.30. The van der Waals surface area contributed by atoms with Crippen LogP contribution in [-0.4, -0.2) is 34.0 Å². The van der Waals surface area contributed by atoms with Gasteiger partial charge in [0.05, 0.1) is 0 Å². The molecule has 0 radical (unpaired) electrons. The molecule has 3 aromatic rings. The molecular formula is C24H27N3O2. The fraction of sp³-hybridized carbons (Fsp3) is 0.375. The molecule has 150 valence electrons. The monoisotopic (exact) mass is 389 g/mol. The molecule has 1 aliphatic rings. The highest BCUT2D eigenvalue weighted by atomic mass is 16.5. The van der Waals surface area contributed by atoms with Crippen molar-refractivity contribution >= 4 is 5.91 Å². The molecule has 29 heavy (non-hydrogen) atoms. The van der Waals surface area contributed by atoms with Crippen LogP contribution in [0.15, 0.2) is 53.1 Å². The maximum Gasteiger partial charge on any atom is 0.258 e. The fourth-order valence-electron chi connectivity index (χ4n) is 3.86. The molecule has 0 aliphatic carbocycles. The summed E-state index contributed by atoms with van der Waals surface area (Å²) in [5.41, 5.74) is 4.10. The van der Waals surface area contributed by atoms with Crippen LogP contribution in [0.5, 0.6) is 0 Å². The third-order valence-corrected chi connectivity index (χ3v) is 5.79. The van der Waals surface area contributed by atoms with Gasteiger partial charge in [0.25, 0.3) is 11.8 Å². The number of piperidine rings is 1. The van der Waals surface area contributed by atoms with Crippen LogP contribution in [0.1, 0.15) is 65.8 Å². The second-order valence-corrected chi connectivity index (χ2v) is 8.12. The first kappa shape index (κ1) is 19.4. The molecule has 1 aromatic heterocycles.